The fourth-order valence-electron chi connectivity index (χ4n) is 1.84. The summed E-state index contributed by atoms with van der Waals surface area (Å²) in [6, 6.07) is 0.684. The molecule has 1 saturated carbocycles. The molecule has 0 bridgehead atoms. The predicted octanol–water partition coefficient (Wildman–Crippen LogP) is 2.90. The number of nitrogens with one attached hydrogen (secondary N) is 1. The van der Waals surface area contributed by atoms with Crippen LogP contribution in [0.25, 0.3) is 4.96 Å². The van der Waals surface area contributed by atoms with Gasteiger partial charge in [0.1, 0.15) is 5.82 Å². The first-order valence-corrected chi connectivity index (χ1v) is 6.20. The number of imidazole rings is 1. The second-order valence-electron chi connectivity index (χ2n) is 4.33. The molecule has 0 saturated heterocycles. The predicted molar refractivity (Wildman–Crippen MR) is 63.9 cm³/mol. The molecule has 2 aromatic rings. The lowest BCUT2D eigenvalue weighted by Gasteiger charge is -2.05. The maximum atomic E-state index is 4.59. The van der Waals surface area contributed by atoms with E-state index >= 15 is 0 Å². The normalized spacial score (nSPS) is 16.2. The van der Waals surface area contributed by atoms with Gasteiger partial charge in [0.2, 0.25) is 0 Å². The van der Waals surface area contributed by atoms with Crippen molar-refractivity contribution in [1.82, 2.24) is 9.38 Å². The minimum atomic E-state index is 0.684. The Morgan fingerprint density at radius 1 is 1.33 bits per heavy atom. The number of rotatable bonds is 2. The fraction of sp³-hybridized carbons (Fsp3) is 0.545. The van der Waals surface area contributed by atoms with E-state index in [2.05, 4.69) is 35.5 Å². The highest BCUT2D eigenvalue weighted by molar-refractivity contribution is 7.17. The summed E-state index contributed by atoms with van der Waals surface area (Å²) in [6.07, 6.45) is 2.60. The van der Waals surface area contributed by atoms with Crippen LogP contribution in [0, 0.1) is 20.8 Å². The fourth-order valence-corrected chi connectivity index (χ4v) is 2.86. The molecule has 4 heteroatoms. The Balaban J connectivity index is 2.19. The van der Waals surface area contributed by atoms with Crippen LogP contribution < -0.4 is 5.32 Å². The van der Waals surface area contributed by atoms with Crippen molar-refractivity contribution in [2.24, 2.45) is 0 Å². The maximum Gasteiger partial charge on any atom is 0.196 e. The molecule has 1 aliphatic rings. The molecule has 0 aromatic carbocycles. The third-order valence-electron chi connectivity index (χ3n) is 3.03. The number of anilines is 1. The van der Waals surface area contributed by atoms with E-state index in [-0.39, 0.29) is 0 Å². The van der Waals surface area contributed by atoms with Gasteiger partial charge in [-0.05, 0) is 33.6 Å². The van der Waals surface area contributed by atoms with Crippen molar-refractivity contribution in [3.63, 3.8) is 0 Å². The maximum absolute atomic E-state index is 4.59. The van der Waals surface area contributed by atoms with Gasteiger partial charge < -0.3 is 5.32 Å². The van der Waals surface area contributed by atoms with Gasteiger partial charge >= 0.3 is 0 Å². The zero-order valence-electron chi connectivity index (χ0n) is 9.29. The highest BCUT2D eigenvalue weighted by Crippen LogP contribution is 2.31. The van der Waals surface area contributed by atoms with E-state index in [1.165, 1.54) is 29.2 Å². The van der Waals surface area contributed by atoms with Crippen molar-refractivity contribution in [1.29, 1.82) is 0 Å². The monoisotopic (exact) mass is 221 g/mol. The molecule has 0 atom stereocenters. The number of aromatic nitrogens is 2. The molecule has 0 spiro atoms. The summed E-state index contributed by atoms with van der Waals surface area (Å²) in [5, 5.41) is 3.57. The van der Waals surface area contributed by atoms with E-state index in [4.69, 9.17) is 0 Å². The van der Waals surface area contributed by atoms with E-state index in [1.54, 1.807) is 11.3 Å². The van der Waals surface area contributed by atoms with Crippen molar-refractivity contribution < 1.29 is 0 Å². The van der Waals surface area contributed by atoms with Crippen LogP contribution >= 0.6 is 11.3 Å². The smallest absolute Gasteiger partial charge is 0.196 e. The highest BCUT2D eigenvalue weighted by Gasteiger charge is 2.24. The minimum absolute atomic E-state index is 0.684. The number of fused-ring (bicyclic) bond motifs is 1. The van der Waals surface area contributed by atoms with Crippen LogP contribution in [0.3, 0.4) is 0 Å². The van der Waals surface area contributed by atoms with E-state index in [9.17, 15) is 0 Å². The van der Waals surface area contributed by atoms with Gasteiger partial charge in [0.05, 0.1) is 5.69 Å². The topological polar surface area (TPSA) is 29.3 Å². The molecule has 2 heterocycles. The molecule has 0 unspecified atom stereocenters. The lowest BCUT2D eigenvalue weighted by Crippen LogP contribution is -2.05. The van der Waals surface area contributed by atoms with Crippen molar-refractivity contribution >= 4 is 22.1 Å². The largest absolute Gasteiger partial charge is 0.367 e. The Kier molecular flexibility index (Phi) is 1.83. The van der Waals surface area contributed by atoms with Gasteiger partial charge in [-0.2, -0.15) is 0 Å². The van der Waals surface area contributed by atoms with Crippen LogP contribution in [-0.4, -0.2) is 15.4 Å². The lowest BCUT2D eigenvalue weighted by molar-refractivity contribution is 1.05. The average Bonchev–Trinajstić information content (AvgIpc) is 2.89. The van der Waals surface area contributed by atoms with Crippen molar-refractivity contribution in [3.05, 3.63) is 16.3 Å². The van der Waals surface area contributed by atoms with Crippen LogP contribution in [0.4, 0.5) is 5.82 Å². The molecule has 3 rings (SSSR count). The molecule has 0 amide bonds. The summed E-state index contributed by atoms with van der Waals surface area (Å²) in [6.45, 7) is 6.40. The van der Waals surface area contributed by atoms with Gasteiger partial charge in [-0.25, -0.2) is 4.98 Å². The molecular formula is C11H15N3S. The zero-order chi connectivity index (χ0) is 10.6. The number of nitrogens with zero attached hydrogens (tertiary/aromatic N) is 2. The SMILES string of the molecule is Cc1nc2sc(C)c(C)n2c1NC1CC1. The van der Waals surface area contributed by atoms with Crippen molar-refractivity contribution in [3.8, 4) is 0 Å². The molecule has 2 aromatic heterocycles. The second-order valence-corrected chi connectivity index (χ2v) is 5.51. The van der Waals surface area contributed by atoms with Crippen LogP contribution in [0.5, 0.6) is 0 Å². The number of aryl methyl sites for hydroxylation is 3. The summed E-state index contributed by atoms with van der Waals surface area (Å²) in [7, 11) is 0. The Morgan fingerprint density at radius 2 is 2.07 bits per heavy atom. The summed E-state index contributed by atoms with van der Waals surface area (Å²) in [5.41, 5.74) is 2.44. The van der Waals surface area contributed by atoms with Gasteiger partial charge in [0.25, 0.3) is 0 Å². The summed E-state index contributed by atoms with van der Waals surface area (Å²) >= 11 is 1.77. The molecule has 3 nitrogen and oxygen atoms in total. The third-order valence-corrected chi connectivity index (χ3v) is 4.09. The Hall–Kier alpha value is -1.03. The molecule has 80 valence electrons. The zero-order valence-corrected chi connectivity index (χ0v) is 10.1. The third kappa shape index (κ3) is 1.35. The van der Waals surface area contributed by atoms with E-state index in [0.717, 1.165) is 10.7 Å². The Morgan fingerprint density at radius 3 is 2.73 bits per heavy atom. The van der Waals surface area contributed by atoms with Crippen LogP contribution in [0.15, 0.2) is 0 Å². The highest BCUT2D eigenvalue weighted by atomic mass is 32.1. The Labute approximate surface area is 93.1 Å². The van der Waals surface area contributed by atoms with Crippen molar-refractivity contribution in [2.45, 2.75) is 39.7 Å². The average molecular weight is 221 g/mol. The summed E-state index contributed by atoms with van der Waals surface area (Å²) in [5.74, 6) is 1.20. The van der Waals surface area contributed by atoms with Crippen molar-refractivity contribution in [2.75, 3.05) is 5.32 Å². The first kappa shape index (κ1) is 9.21. The molecule has 1 aliphatic carbocycles. The number of hydrogen-bond acceptors (Lipinski definition) is 3. The molecule has 0 aliphatic heterocycles. The molecule has 0 radical (unpaired) electrons. The Bertz CT molecular complexity index is 519. The van der Waals surface area contributed by atoms with E-state index < -0.39 is 0 Å². The minimum Gasteiger partial charge on any atom is -0.367 e. The van der Waals surface area contributed by atoms with Crippen LogP contribution in [0.2, 0.25) is 0 Å². The van der Waals surface area contributed by atoms with Gasteiger partial charge in [0, 0.05) is 16.6 Å². The first-order chi connectivity index (χ1) is 7.16. The van der Waals surface area contributed by atoms with E-state index in [0.29, 0.717) is 6.04 Å². The quantitative estimate of drug-likeness (QED) is 0.845. The summed E-state index contributed by atoms with van der Waals surface area (Å²) < 4.78 is 2.26. The van der Waals surface area contributed by atoms with Gasteiger partial charge in [-0.15, -0.1) is 11.3 Å². The standard InChI is InChI=1S/C11H15N3S/c1-6-10(13-9-4-5-9)14-7(2)8(3)15-11(14)12-6/h9,13H,4-5H2,1-3H3. The molecule has 1 N–H and O–H groups in total. The van der Waals surface area contributed by atoms with Crippen LogP contribution in [0.1, 0.15) is 29.1 Å². The number of thiazole rings is 1. The van der Waals surface area contributed by atoms with Crippen LogP contribution in [-0.2, 0) is 0 Å². The van der Waals surface area contributed by atoms with Gasteiger partial charge in [0.15, 0.2) is 4.96 Å². The second kappa shape index (κ2) is 2.98. The van der Waals surface area contributed by atoms with Gasteiger partial charge in [-0.1, -0.05) is 0 Å². The van der Waals surface area contributed by atoms with Gasteiger partial charge in [-0.3, -0.25) is 4.40 Å². The molecular weight excluding hydrogens is 206 g/mol. The number of hydrogen-bond donors (Lipinski definition) is 1. The van der Waals surface area contributed by atoms with E-state index in [1.807, 2.05) is 0 Å². The molecule has 15 heavy (non-hydrogen) atoms. The summed E-state index contributed by atoms with van der Waals surface area (Å²) in [4.78, 5) is 7.07. The lowest BCUT2D eigenvalue weighted by atomic mass is 10.4. The first-order valence-electron chi connectivity index (χ1n) is 5.38. The molecule has 1 fully saturated rings.